The maximum Gasteiger partial charge on any atom is 0.228 e. The van der Waals surface area contributed by atoms with Crippen LogP contribution in [0.5, 0.6) is 0 Å². The predicted octanol–water partition coefficient (Wildman–Crippen LogP) is 4.68. The van der Waals surface area contributed by atoms with E-state index in [2.05, 4.69) is 15.4 Å². The van der Waals surface area contributed by atoms with Gasteiger partial charge in [-0.15, -0.1) is 0 Å². The van der Waals surface area contributed by atoms with Crippen molar-refractivity contribution < 1.29 is 4.79 Å². The molecule has 0 atom stereocenters. The Morgan fingerprint density at radius 3 is 2.58 bits per heavy atom. The molecule has 0 aliphatic heterocycles. The highest BCUT2D eigenvalue weighted by Gasteiger charge is 2.16. The van der Waals surface area contributed by atoms with Crippen molar-refractivity contribution in [2.24, 2.45) is 0 Å². The van der Waals surface area contributed by atoms with Crippen LogP contribution >= 0.6 is 23.2 Å². The average molecular weight is 389 g/mol. The van der Waals surface area contributed by atoms with Gasteiger partial charge in [-0.3, -0.25) is 9.78 Å². The molecule has 1 N–H and O–H groups in total. The van der Waals surface area contributed by atoms with Crippen molar-refractivity contribution in [1.29, 1.82) is 0 Å². The molecule has 7 heteroatoms. The molecule has 0 saturated carbocycles. The summed E-state index contributed by atoms with van der Waals surface area (Å²) in [5, 5.41) is 8.40. The van der Waals surface area contributed by atoms with Crippen LogP contribution in [-0.2, 0) is 11.2 Å². The number of halogens is 2. The molecule has 0 fully saturated rings. The second kappa shape index (κ2) is 7.48. The number of pyridine rings is 1. The van der Waals surface area contributed by atoms with Crippen LogP contribution in [0.15, 0.2) is 36.5 Å². The highest BCUT2D eigenvalue weighted by atomic mass is 35.5. The Kier molecular flexibility index (Phi) is 5.30. The van der Waals surface area contributed by atoms with Crippen LogP contribution in [0.25, 0.3) is 5.69 Å². The van der Waals surface area contributed by atoms with Gasteiger partial charge in [0.2, 0.25) is 5.91 Å². The third kappa shape index (κ3) is 3.89. The Morgan fingerprint density at radius 2 is 1.88 bits per heavy atom. The summed E-state index contributed by atoms with van der Waals surface area (Å²) in [6, 6.07) is 8.93. The summed E-state index contributed by atoms with van der Waals surface area (Å²) in [6.07, 6.45) is 1.91. The van der Waals surface area contributed by atoms with Crippen LogP contribution in [-0.4, -0.2) is 20.7 Å². The third-order valence-electron chi connectivity index (χ3n) is 4.11. The number of benzene rings is 1. The van der Waals surface area contributed by atoms with Crippen molar-refractivity contribution >= 4 is 34.8 Å². The smallest absolute Gasteiger partial charge is 0.228 e. The van der Waals surface area contributed by atoms with Gasteiger partial charge in [0, 0.05) is 28.8 Å². The molecule has 5 nitrogen and oxygen atoms in total. The van der Waals surface area contributed by atoms with Crippen molar-refractivity contribution in [1.82, 2.24) is 14.8 Å². The SMILES string of the molecule is Cc1cc(NC(=O)Cc2c(C)nn(-c3ccc(Cl)c(Cl)c3)c2C)ccn1. The molecule has 2 aromatic heterocycles. The summed E-state index contributed by atoms with van der Waals surface area (Å²) < 4.78 is 1.77. The number of rotatable bonds is 4. The van der Waals surface area contributed by atoms with Gasteiger partial charge in [0.1, 0.15) is 0 Å². The Labute approximate surface area is 162 Å². The van der Waals surface area contributed by atoms with Crippen molar-refractivity contribution in [2.75, 3.05) is 5.32 Å². The van der Waals surface area contributed by atoms with Gasteiger partial charge in [-0.05, 0) is 51.1 Å². The number of hydrogen-bond donors (Lipinski definition) is 1. The van der Waals surface area contributed by atoms with Gasteiger partial charge in [-0.2, -0.15) is 5.10 Å². The Bertz CT molecular complexity index is 982. The van der Waals surface area contributed by atoms with E-state index < -0.39 is 0 Å². The summed E-state index contributed by atoms with van der Waals surface area (Å²) in [5.74, 6) is -0.101. The zero-order chi connectivity index (χ0) is 18.8. The van der Waals surface area contributed by atoms with E-state index in [-0.39, 0.29) is 12.3 Å². The number of nitrogens with zero attached hydrogens (tertiary/aromatic N) is 3. The normalized spacial score (nSPS) is 10.8. The van der Waals surface area contributed by atoms with Gasteiger partial charge in [0.25, 0.3) is 0 Å². The number of carbonyl (C=O) groups excluding carboxylic acids is 1. The lowest BCUT2D eigenvalue weighted by Gasteiger charge is -2.08. The first kappa shape index (κ1) is 18.4. The predicted molar refractivity (Wildman–Crippen MR) is 104 cm³/mol. The summed E-state index contributed by atoms with van der Waals surface area (Å²) in [5.41, 5.74) is 4.96. The van der Waals surface area contributed by atoms with E-state index in [9.17, 15) is 4.79 Å². The van der Waals surface area contributed by atoms with E-state index in [4.69, 9.17) is 23.2 Å². The summed E-state index contributed by atoms with van der Waals surface area (Å²) in [6.45, 7) is 5.70. The van der Waals surface area contributed by atoms with Gasteiger partial charge in [0.05, 0.1) is 27.8 Å². The first-order valence-electron chi connectivity index (χ1n) is 8.08. The fourth-order valence-corrected chi connectivity index (χ4v) is 3.08. The van der Waals surface area contributed by atoms with Gasteiger partial charge < -0.3 is 5.32 Å². The van der Waals surface area contributed by atoms with Crippen LogP contribution in [0.2, 0.25) is 10.0 Å². The molecular weight excluding hydrogens is 371 g/mol. The van der Waals surface area contributed by atoms with Gasteiger partial charge in [0.15, 0.2) is 0 Å². The van der Waals surface area contributed by atoms with E-state index in [1.807, 2.05) is 32.9 Å². The molecule has 3 rings (SSSR count). The lowest BCUT2D eigenvalue weighted by atomic mass is 10.1. The van der Waals surface area contributed by atoms with E-state index in [1.165, 1.54) is 0 Å². The summed E-state index contributed by atoms with van der Waals surface area (Å²) >= 11 is 12.1. The topological polar surface area (TPSA) is 59.8 Å². The standard InChI is InChI=1S/C19H18Cl2N4O/c1-11-8-14(6-7-22-11)23-19(26)10-16-12(2)24-25(13(16)3)15-4-5-17(20)18(21)9-15/h4-9H,10H2,1-3H3,(H,22,23,26). The van der Waals surface area contributed by atoms with Crippen LogP contribution in [0, 0.1) is 20.8 Å². The third-order valence-corrected chi connectivity index (χ3v) is 4.85. The molecule has 134 valence electrons. The van der Waals surface area contributed by atoms with Crippen molar-refractivity contribution in [3.05, 3.63) is 69.2 Å². The molecule has 3 aromatic rings. The molecule has 0 bridgehead atoms. The summed E-state index contributed by atoms with van der Waals surface area (Å²) in [4.78, 5) is 16.6. The van der Waals surface area contributed by atoms with Gasteiger partial charge in [-0.25, -0.2) is 4.68 Å². The molecule has 0 radical (unpaired) electrons. The molecule has 2 heterocycles. The minimum atomic E-state index is -0.101. The number of anilines is 1. The van der Waals surface area contributed by atoms with Gasteiger partial charge >= 0.3 is 0 Å². The molecule has 1 aromatic carbocycles. The fourth-order valence-electron chi connectivity index (χ4n) is 2.79. The van der Waals surface area contributed by atoms with E-state index >= 15 is 0 Å². The zero-order valence-corrected chi connectivity index (χ0v) is 16.2. The lowest BCUT2D eigenvalue weighted by molar-refractivity contribution is -0.115. The van der Waals surface area contributed by atoms with E-state index in [0.717, 1.165) is 34.0 Å². The van der Waals surface area contributed by atoms with Crippen molar-refractivity contribution in [3.8, 4) is 5.69 Å². The number of amides is 1. The molecule has 0 unspecified atom stereocenters. The maximum absolute atomic E-state index is 12.4. The Balaban J connectivity index is 1.83. The quantitative estimate of drug-likeness (QED) is 0.705. The minimum Gasteiger partial charge on any atom is -0.326 e. The highest BCUT2D eigenvalue weighted by molar-refractivity contribution is 6.42. The van der Waals surface area contributed by atoms with Crippen LogP contribution < -0.4 is 5.32 Å². The number of aryl methyl sites for hydroxylation is 2. The van der Waals surface area contributed by atoms with Crippen molar-refractivity contribution in [2.45, 2.75) is 27.2 Å². The molecule has 0 aliphatic carbocycles. The Morgan fingerprint density at radius 1 is 1.12 bits per heavy atom. The molecule has 26 heavy (non-hydrogen) atoms. The number of hydrogen-bond acceptors (Lipinski definition) is 3. The molecule has 0 aliphatic rings. The van der Waals surface area contributed by atoms with Gasteiger partial charge in [-0.1, -0.05) is 23.2 Å². The maximum atomic E-state index is 12.4. The molecule has 0 spiro atoms. The number of nitrogens with one attached hydrogen (secondary N) is 1. The van der Waals surface area contributed by atoms with E-state index in [1.54, 1.807) is 29.1 Å². The summed E-state index contributed by atoms with van der Waals surface area (Å²) in [7, 11) is 0. The fraction of sp³-hybridized carbons (Fsp3) is 0.211. The molecule has 1 amide bonds. The Hall–Kier alpha value is -2.37. The van der Waals surface area contributed by atoms with Crippen LogP contribution in [0.3, 0.4) is 0 Å². The first-order chi connectivity index (χ1) is 12.3. The van der Waals surface area contributed by atoms with Crippen LogP contribution in [0.1, 0.15) is 22.6 Å². The number of aromatic nitrogens is 3. The minimum absolute atomic E-state index is 0.101. The second-order valence-corrected chi connectivity index (χ2v) is 6.88. The highest BCUT2D eigenvalue weighted by Crippen LogP contribution is 2.26. The zero-order valence-electron chi connectivity index (χ0n) is 14.7. The second-order valence-electron chi connectivity index (χ2n) is 6.07. The average Bonchev–Trinajstić information content (AvgIpc) is 2.85. The molecular formula is C19H18Cl2N4O. The van der Waals surface area contributed by atoms with E-state index in [0.29, 0.717) is 10.0 Å². The van der Waals surface area contributed by atoms with Crippen molar-refractivity contribution in [3.63, 3.8) is 0 Å². The van der Waals surface area contributed by atoms with Crippen LogP contribution in [0.4, 0.5) is 5.69 Å². The lowest BCUT2D eigenvalue weighted by Crippen LogP contribution is -2.15. The largest absolute Gasteiger partial charge is 0.326 e. The molecule has 0 saturated heterocycles. The first-order valence-corrected chi connectivity index (χ1v) is 8.84. The number of carbonyl (C=O) groups is 1. The monoisotopic (exact) mass is 388 g/mol.